The van der Waals surface area contributed by atoms with Gasteiger partial charge >= 0.3 is 0 Å². The monoisotopic (exact) mass is 279 g/mol. The largest absolute Gasteiger partial charge is 0.454 e. The molecule has 0 spiro atoms. The van der Waals surface area contributed by atoms with Crippen molar-refractivity contribution in [1.82, 2.24) is 0 Å². The minimum atomic E-state index is 0.247. The van der Waals surface area contributed by atoms with Crippen molar-refractivity contribution in [3.63, 3.8) is 0 Å². The van der Waals surface area contributed by atoms with Crippen molar-refractivity contribution in [2.75, 3.05) is 19.9 Å². The maximum atomic E-state index is 5.71. The number of nitrogens with two attached hydrogens (primary N) is 1. The quantitative estimate of drug-likeness (QED) is 0.743. The van der Waals surface area contributed by atoms with Gasteiger partial charge in [0.25, 0.3) is 0 Å². The summed E-state index contributed by atoms with van der Waals surface area (Å²) >= 11 is 0. The summed E-state index contributed by atoms with van der Waals surface area (Å²) in [5.74, 6) is 1.63. The zero-order valence-corrected chi connectivity index (χ0v) is 12.5. The number of fused-ring (bicyclic) bond motifs is 1. The molecule has 0 aliphatic carbocycles. The number of hydrogen-bond donors (Lipinski definition) is 1. The van der Waals surface area contributed by atoms with Crippen LogP contribution in [0.25, 0.3) is 0 Å². The second-order valence-corrected chi connectivity index (χ2v) is 6.07. The van der Waals surface area contributed by atoms with Crippen molar-refractivity contribution in [1.29, 1.82) is 0 Å². The maximum Gasteiger partial charge on any atom is 0.231 e. The molecule has 0 radical (unpaired) electrons. The summed E-state index contributed by atoms with van der Waals surface area (Å²) in [4.78, 5) is 0. The number of rotatable bonds is 8. The third kappa shape index (κ3) is 4.39. The SMILES string of the molecule is CC(C)(CN)CCCCOCc1ccc2c(c1)OCO2. The lowest BCUT2D eigenvalue weighted by Crippen LogP contribution is -2.23. The first-order valence-corrected chi connectivity index (χ1v) is 7.27. The minimum Gasteiger partial charge on any atom is -0.454 e. The molecule has 0 fully saturated rings. The van der Waals surface area contributed by atoms with Gasteiger partial charge in [-0.1, -0.05) is 26.3 Å². The van der Waals surface area contributed by atoms with Crippen LogP contribution in [0.1, 0.15) is 38.7 Å². The molecule has 4 heteroatoms. The molecule has 4 nitrogen and oxygen atoms in total. The molecule has 1 aromatic carbocycles. The average molecular weight is 279 g/mol. The lowest BCUT2D eigenvalue weighted by atomic mass is 9.87. The number of benzene rings is 1. The van der Waals surface area contributed by atoms with Gasteiger partial charge in [-0.25, -0.2) is 0 Å². The maximum absolute atomic E-state index is 5.71. The van der Waals surface area contributed by atoms with Gasteiger partial charge in [0, 0.05) is 6.61 Å². The first-order chi connectivity index (χ1) is 9.61. The molecule has 1 heterocycles. The summed E-state index contributed by atoms with van der Waals surface area (Å²) in [5.41, 5.74) is 7.08. The highest BCUT2D eigenvalue weighted by Gasteiger charge is 2.14. The average Bonchev–Trinajstić information content (AvgIpc) is 2.90. The Morgan fingerprint density at radius 3 is 2.80 bits per heavy atom. The molecule has 0 saturated carbocycles. The van der Waals surface area contributed by atoms with Crippen molar-refractivity contribution in [3.05, 3.63) is 23.8 Å². The second kappa shape index (κ2) is 6.95. The van der Waals surface area contributed by atoms with Crippen molar-refractivity contribution in [2.24, 2.45) is 11.1 Å². The van der Waals surface area contributed by atoms with E-state index in [1.165, 1.54) is 0 Å². The van der Waals surface area contributed by atoms with Crippen LogP contribution in [0.5, 0.6) is 11.5 Å². The summed E-state index contributed by atoms with van der Waals surface area (Å²) in [7, 11) is 0. The van der Waals surface area contributed by atoms with Crippen LogP contribution in [-0.4, -0.2) is 19.9 Å². The van der Waals surface area contributed by atoms with Gasteiger partial charge in [0.15, 0.2) is 11.5 Å². The van der Waals surface area contributed by atoms with E-state index >= 15 is 0 Å². The van der Waals surface area contributed by atoms with Gasteiger partial charge in [0.2, 0.25) is 6.79 Å². The van der Waals surface area contributed by atoms with Crippen LogP contribution < -0.4 is 15.2 Å². The summed E-state index contributed by atoms with van der Waals surface area (Å²) in [6.07, 6.45) is 3.39. The van der Waals surface area contributed by atoms with Crippen LogP contribution in [-0.2, 0) is 11.3 Å². The molecule has 1 aliphatic heterocycles. The molecule has 0 saturated heterocycles. The van der Waals surface area contributed by atoms with Crippen LogP contribution >= 0.6 is 0 Å². The zero-order chi connectivity index (χ0) is 14.4. The van der Waals surface area contributed by atoms with E-state index in [-0.39, 0.29) is 5.41 Å². The Labute approximate surface area is 121 Å². The van der Waals surface area contributed by atoms with Crippen LogP contribution in [0, 0.1) is 5.41 Å². The standard InChI is InChI=1S/C16H25NO3/c1-16(2,11-17)7-3-4-8-18-10-13-5-6-14-15(9-13)20-12-19-14/h5-6,9H,3-4,7-8,10-12,17H2,1-2H3. The smallest absolute Gasteiger partial charge is 0.231 e. The second-order valence-electron chi connectivity index (χ2n) is 6.07. The highest BCUT2D eigenvalue weighted by Crippen LogP contribution is 2.32. The van der Waals surface area contributed by atoms with E-state index in [2.05, 4.69) is 13.8 Å². The van der Waals surface area contributed by atoms with Crippen LogP contribution in [0.4, 0.5) is 0 Å². The van der Waals surface area contributed by atoms with E-state index in [1.807, 2.05) is 18.2 Å². The number of unbranched alkanes of at least 4 members (excludes halogenated alkanes) is 1. The molecule has 1 aromatic rings. The molecular weight excluding hydrogens is 254 g/mol. The molecule has 1 aliphatic rings. The van der Waals surface area contributed by atoms with Crippen molar-refractivity contribution >= 4 is 0 Å². The first kappa shape index (κ1) is 15.1. The van der Waals surface area contributed by atoms with E-state index < -0.39 is 0 Å². The third-order valence-corrected chi connectivity index (χ3v) is 3.65. The molecule has 2 N–H and O–H groups in total. The molecule has 0 unspecified atom stereocenters. The zero-order valence-electron chi connectivity index (χ0n) is 12.5. The van der Waals surface area contributed by atoms with Gasteiger partial charge < -0.3 is 19.9 Å². The molecule has 20 heavy (non-hydrogen) atoms. The Hall–Kier alpha value is -1.26. The predicted molar refractivity (Wildman–Crippen MR) is 78.9 cm³/mol. The summed E-state index contributed by atoms with van der Waals surface area (Å²) in [6, 6.07) is 5.94. The highest BCUT2D eigenvalue weighted by atomic mass is 16.7. The minimum absolute atomic E-state index is 0.247. The van der Waals surface area contributed by atoms with Gasteiger partial charge in [-0.2, -0.15) is 0 Å². The molecule has 0 amide bonds. The van der Waals surface area contributed by atoms with Crippen molar-refractivity contribution < 1.29 is 14.2 Å². The highest BCUT2D eigenvalue weighted by molar-refractivity contribution is 5.44. The van der Waals surface area contributed by atoms with Crippen LogP contribution in [0.2, 0.25) is 0 Å². The van der Waals surface area contributed by atoms with E-state index in [4.69, 9.17) is 19.9 Å². The Morgan fingerprint density at radius 1 is 1.20 bits per heavy atom. The Bertz CT molecular complexity index is 432. The van der Waals surface area contributed by atoms with Gasteiger partial charge in [0.05, 0.1) is 6.61 Å². The summed E-state index contributed by atoms with van der Waals surface area (Å²) in [5, 5.41) is 0. The molecule has 0 atom stereocenters. The summed E-state index contributed by atoms with van der Waals surface area (Å²) < 4.78 is 16.3. The number of hydrogen-bond acceptors (Lipinski definition) is 4. The van der Waals surface area contributed by atoms with E-state index in [9.17, 15) is 0 Å². The van der Waals surface area contributed by atoms with Crippen LogP contribution in [0.3, 0.4) is 0 Å². The lowest BCUT2D eigenvalue weighted by molar-refractivity contribution is 0.114. The Balaban J connectivity index is 1.62. The van der Waals surface area contributed by atoms with Gasteiger partial charge in [-0.05, 0) is 42.5 Å². The lowest BCUT2D eigenvalue weighted by Gasteiger charge is -2.21. The number of ether oxygens (including phenoxy) is 3. The van der Waals surface area contributed by atoms with Gasteiger partial charge in [0.1, 0.15) is 0 Å². The predicted octanol–water partition coefficient (Wildman–Crippen LogP) is 3.09. The fourth-order valence-corrected chi connectivity index (χ4v) is 2.13. The molecule has 0 bridgehead atoms. The van der Waals surface area contributed by atoms with E-state index in [0.29, 0.717) is 13.4 Å². The van der Waals surface area contributed by atoms with Crippen molar-refractivity contribution in [2.45, 2.75) is 39.7 Å². The van der Waals surface area contributed by atoms with E-state index in [1.54, 1.807) is 0 Å². The van der Waals surface area contributed by atoms with Gasteiger partial charge in [-0.15, -0.1) is 0 Å². The molecule has 2 rings (SSSR count). The molecule has 0 aromatic heterocycles. The molecular formula is C16H25NO3. The Kier molecular flexibility index (Phi) is 5.26. The normalized spacial score (nSPS) is 13.8. The first-order valence-electron chi connectivity index (χ1n) is 7.27. The Morgan fingerprint density at radius 2 is 2.00 bits per heavy atom. The van der Waals surface area contributed by atoms with Crippen molar-refractivity contribution in [3.8, 4) is 11.5 Å². The van der Waals surface area contributed by atoms with E-state index in [0.717, 1.165) is 49.5 Å². The fourth-order valence-electron chi connectivity index (χ4n) is 2.13. The summed E-state index contributed by atoms with van der Waals surface area (Å²) in [6.45, 7) is 6.88. The van der Waals surface area contributed by atoms with Gasteiger partial charge in [-0.3, -0.25) is 0 Å². The fraction of sp³-hybridized carbons (Fsp3) is 0.625. The topological polar surface area (TPSA) is 53.7 Å². The third-order valence-electron chi connectivity index (χ3n) is 3.65. The molecule has 112 valence electrons. The van der Waals surface area contributed by atoms with Crippen LogP contribution in [0.15, 0.2) is 18.2 Å².